The summed E-state index contributed by atoms with van der Waals surface area (Å²) in [5, 5.41) is 21.9. The molecule has 1 aliphatic carbocycles. The van der Waals surface area contributed by atoms with Gasteiger partial charge in [-0.2, -0.15) is 13.9 Å². The van der Waals surface area contributed by atoms with Crippen LogP contribution in [0.1, 0.15) is 44.2 Å². The fourth-order valence-corrected chi connectivity index (χ4v) is 4.86. The van der Waals surface area contributed by atoms with Gasteiger partial charge in [0.2, 0.25) is 5.95 Å². The third-order valence-corrected chi connectivity index (χ3v) is 7.07. The van der Waals surface area contributed by atoms with E-state index < -0.39 is 22.5 Å². The normalized spacial score (nSPS) is 19.9. The Labute approximate surface area is 202 Å². The molecule has 10 nitrogen and oxygen atoms in total. The molecule has 0 aromatic carbocycles. The Morgan fingerprint density at radius 2 is 2.00 bits per heavy atom. The van der Waals surface area contributed by atoms with Crippen molar-refractivity contribution in [1.82, 2.24) is 24.4 Å². The van der Waals surface area contributed by atoms with Crippen molar-refractivity contribution < 1.29 is 27.0 Å². The van der Waals surface area contributed by atoms with Crippen LogP contribution in [0.3, 0.4) is 0 Å². The van der Waals surface area contributed by atoms with Gasteiger partial charge in [0.1, 0.15) is 9.84 Å². The first-order chi connectivity index (χ1) is 16.6. The van der Waals surface area contributed by atoms with Crippen LogP contribution in [-0.4, -0.2) is 75.3 Å². The molecule has 1 aliphatic rings. The largest absolute Gasteiger partial charge is 0.393 e. The van der Waals surface area contributed by atoms with Crippen molar-refractivity contribution in [3.63, 3.8) is 0 Å². The summed E-state index contributed by atoms with van der Waals surface area (Å²) in [5.41, 5.74) is 3.38. The number of aliphatic hydroxyl groups excluding tert-OH is 1. The summed E-state index contributed by atoms with van der Waals surface area (Å²) in [6.07, 6.45) is 9.07. The number of hydrogen-bond acceptors (Lipinski definition) is 8. The molecule has 1 atom stereocenters. The number of rotatable bonds is 10. The number of aryl methyl sites for hydroxylation is 1. The average Bonchev–Trinajstić information content (AvgIpc) is 3.41. The van der Waals surface area contributed by atoms with Crippen LogP contribution in [-0.2, 0) is 21.1 Å². The van der Waals surface area contributed by atoms with Gasteiger partial charge in [0.25, 0.3) is 0 Å². The molecular weight excluding hydrogens is 482 g/mol. The highest BCUT2D eigenvalue weighted by atomic mass is 32.2. The maximum absolute atomic E-state index is 12.4. The van der Waals surface area contributed by atoms with Crippen LogP contribution in [0.4, 0.5) is 14.7 Å². The Hall–Kier alpha value is -2.64. The Bertz CT molecular complexity index is 1250. The Kier molecular flexibility index (Phi) is 7.67. The lowest BCUT2D eigenvalue weighted by molar-refractivity contribution is -0.130. The highest BCUT2D eigenvalue weighted by Gasteiger charge is 2.26. The molecule has 3 aromatic heterocycles. The van der Waals surface area contributed by atoms with E-state index in [0.29, 0.717) is 12.8 Å². The number of aliphatic hydroxyl groups is 1. The molecule has 13 heteroatoms. The van der Waals surface area contributed by atoms with Crippen LogP contribution >= 0.6 is 0 Å². The predicted octanol–water partition coefficient (Wildman–Crippen LogP) is 2.70. The smallest absolute Gasteiger partial charge is 0.345 e. The molecule has 4 rings (SSSR count). The van der Waals surface area contributed by atoms with Crippen LogP contribution in [0.25, 0.3) is 16.6 Å². The number of ether oxygens (including phenoxy) is 1. The van der Waals surface area contributed by atoms with Gasteiger partial charge in [-0.15, -0.1) is 5.10 Å². The number of anilines is 1. The molecule has 35 heavy (non-hydrogen) atoms. The summed E-state index contributed by atoms with van der Waals surface area (Å²) in [7, 11) is -3.11. The monoisotopic (exact) mass is 512 g/mol. The highest BCUT2D eigenvalue weighted by Crippen LogP contribution is 2.37. The SMILES string of the molecule is C[C@@H](COC(F)F)Nc1ncc2c(-c3cnn(CCS(C)(=O)=O)c3)cc(C3CCC(O)CC3)n2n1. The molecule has 0 saturated heterocycles. The van der Waals surface area contributed by atoms with E-state index in [-0.39, 0.29) is 36.9 Å². The second-order valence-corrected chi connectivity index (χ2v) is 11.4. The number of halogens is 2. The van der Waals surface area contributed by atoms with E-state index in [2.05, 4.69) is 25.2 Å². The number of fused-ring (bicyclic) bond motifs is 1. The Balaban J connectivity index is 1.66. The molecule has 192 valence electrons. The second-order valence-electron chi connectivity index (χ2n) is 9.13. The maximum Gasteiger partial charge on any atom is 0.345 e. The zero-order chi connectivity index (χ0) is 25.2. The maximum atomic E-state index is 12.4. The average molecular weight is 513 g/mol. The third-order valence-electron chi connectivity index (χ3n) is 6.14. The van der Waals surface area contributed by atoms with E-state index in [1.165, 1.54) is 6.26 Å². The van der Waals surface area contributed by atoms with Crippen molar-refractivity contribution >= 4 is 21.3 Å². The number of nitrogens with one attached hydrogen (secondary N) is 1. The Morgan fingerprint density at radius 3 is 2.69 bits per heavy atom. The molecule has 1 fully saturated rings. The lowest BCUT2D eigenvalue weighted by Gasteiger charge is -2.25. The molecule has 0 spiro atoms. The van der Waals surface area contributed by atoms with Crippen molar-refractivity contribution in [2.45, 2.75) is 63.8 Å². The first-order valence-corrected chi connectivity index (χ1v) is 13.6. The number of nitrogens with zero attached hydrogens (tertiary/aromatic N) is 5. The molecule has 1 saturated carbocycles. The zero-order valence-electron chi connectivity index (χ0n) is 19.6. The van der Waals surface area contributed by atoms with Crippen molar-refractivity contribution in [2.75, 3.05) is 23.9 Å². The molecule has 0 unspecified atom stereocenters. The third kappa shape index (κ3) is 6.53. The highest BCUT2D eigenvalue weighted by molar-refractivity contribution is 7.90. The molecule has 0 aliphatic heterocycles. The summed E-state index contributed by atoms with van der Waals surface area (Å²) in [6, 6.07) is 1.61. The van der Waals surface area contributed by atoms with Crippen LogP contribution in [0.15, 0.2) is 24.7 Å². The van der Waals surface area contributed by atoms with Gasteiger partial charge in [0.15, 0.2) is 0 Å². The van der Waals surface area contributed by atoms with E-state index in [4.69, 9.17) is 0 Å². The topological polar surface area (TPSA) is 124 Å². The van der Waals surface area contributed by atoms with Gasteiger partial charge in [-0.25, -0.2) is 17.9 Å². The minimum Gasteiger partial charge on any atom is -0.393 e. The molecule has 0 radical (unpaired) electrons. The number of aromatic nitrogens is 5. The predicted molar refractivity (Wildman–Crippen MR) is 126 cm³/mol. The van der Waals surface area contributed by atoms with E-state index in [9.17, 15) is 22.3 Å². The molecular formula is C22H30F2N6O4S. The van der Waals surface area contributed by atoms with Crippen LogP contribution < -0.4 is 5.32 Å². The minimum atomic E-state index is -3.11. The fourth-order valence-electron chi connectivity index (χ4n) is 4.34. The van der Waals surface area contributed by atoms with E-state index in [0.717, 1.165) is 35.2 Å². The van der Waals surface area contributed by atoms with Gasteiger partial charge in [-0.3, -0.25) is 4.68 Å². The van der Waals surface area contributed by atoms with Gasteiger partial charge in [0, 0.05) is 41.2 Å². The molecule has 3 heterocycles. The molecule has 2 N–H and O–H groups in total. The standard InChI is InChI=1S/C22H30F2N6O4S/c1-14(13-34-21(23)24)27-22-25-11-20-18(16-10-26-29(12-16)7-8-35(2,32)33)9-19(30(20)28-22)15-3-5-17(31)6-4-15/h9-12,14-15,17,21,31H,3-8,13H2,1-2H3,(H,27,28)/t14-,15?,17?/m0/s1. The first-order valence-electron chi connectivity index (χ1n) is 11.5. The second kappa shape index (κ2) is 10.5. The Morgan fingerprint density at radius 1 is 1.26 bits per heavy atom. The van der Waals surface area contributed by atoms with Crippen molar-refractivity contribution in [3.05, 3.63) is 30.4 Å². The van der Waals surface area contributed by atoms with Crippen LogP contribution in [0.5, 0.6) is 0 Å². The van der Waals surface area contributed by atoms with Gasteiger partial charge < -0.3 is 15.2 Å². The van der Waals surface area contributed by atoms with Crippen molar-refractivity contribution in [3.8, 4) is 11.1 Å². The van der Waals surface area contributed by atoms with Gasteiger partial charge in [-0.1, -0.05) is 0 Å². The molecule has 0 amide bonds. The van der Waals surface area contributed by atoms with Crippen molar-refractivity contribution in [1.29, 1.82) is 0 Å². The summed E-state index contributed by atoms with van der Waals surface area (Å²) >= 11 is 0. The lowest BCUT2D eigenvalue weighted by atomic mass is 9.85. The van der Waals surface area contributed by atoms with Gasteiger partial charge >= 0.3 is 6.61 Å². The van der Waals surface area contributed by atoms with Crippen LogP contribution in [0, 0.1) is 0 Å². The van der Waals surface area contributed by atoms with Crippen LogP contribution in [0.2, 0.25) is 0 Å². The summed E-state index contributed by atoms with van der Waals surface area (Å²) in [6.45, 7) is -1.09. The summed E-state index contributed by atoms with van der Waals surface area (Å²) in [4.78, 5) is 4.37. The van der Waals surface area contributed by atoms with Gasteiger partial charge in [-0.05, 0) is 38.7 Å². The summed E-state index contributed by atoms with van der Waals surface area (Å²) in [5.74, 6) is 0.458. The van der Waals surface area contributed by atoms with Gasteiger partial charge in [0.05, 0.1) is 42.9 Å². The zero-order valence-corrected chi connectivity index (χ0v) is 20.5. The van der Waals surface area contributed by atoms with E-state index in [1.807, 2.05) is 10.6 Å². The van der Waals surface area contributed by atoms with E-state index in [1.54, 1.807) is 30.2 Å². The number of alkyl halides is 2. The quantitative estimate of drug-likeness (QED) is 0.425. The molecule has 3 aromatic rings. The minimum absolute atomic E-state index is 0.00806. The summed E-state index contributed by atoms with van der Waals surface area (Å²) < 4.78 is 55.5. The number of hydrogen-bond donors (Lipinski definition) is 2. The van der Waals surface area contributed by atoms with Crippen molar-refractivity contribution in [2.24, 2.45) is 0 Å². The number of sulfone groups is 1. The first kappa shape index (κ1) is 25.5. The lowest BCUT2D eigenvalue weighted by Crippen LogP contribution is -2.25. The molecule has 0 bridgehead atoms. The fraction of sp³-hybridized carbons (Fsp3) is 0.591. The van der Waals surface area contributed by atoms with E-state index >= 15 is 0 Å².